The Bertz CT molecular complexity index is 612. The van der Waals surface area contributed by atoms with Crippen LogP contribution in [0.15, 0.2) is 30.3 Å². The van der Waals surface area contributed by atoms with Crippen molar-refractivity contribution in [2.24, 2.45) is 0 Å². The number of nitrogens with one attached hydrogen (secondary N) is 2. The minimum absolute atomic E-state index is 0.0405. The molecule has 3 N–H and O–H groups in total. The van der Waals surface area contributed by atoms with Crippen LogP contribution in [0.3, 0.4) is 0 Å². The SMILES string of the molecule is COc1ccccc1OCc1cc(C(=O)NCCCO)n[nH]1. The van der Waals surface area contributed by atoms with E-state index < -0.39 is 0 Å². The minimum atomic E-state index is -0.284. The van der Waals surface area contributed by atoms with Crippen molar-refractivity contribution in [2.45, 2.75) is 13.0 Å². The van der Waals surface area contributed by atoms with Gasteiger partial charge in [0.1, 0.15) is 12.3 Å². The van der Waals surface area contributed by atoms with E-state index in [1.165, 1.54) is 0 Å². The molecule has 1 heterocycles. The molecule has 0 unspecified atom stereocenters. The minimum Gasteiger partial charge on any atom is -0.493 e. The van der Waals surface area contributed by atoms with E-state index in [-0.39, 0.29) is 24.8 Å². The van der Waals surface area contributed by atoms with Gasteiger partial charge in [-0.05, 0) is 24.6 Å². The number of benzene rings is 1. The number of para-hydroxylation sites is 2. The molecule has 7 heteroatoms. The van der Waals surface area contributed by atoms with E-state index in [9.17, 15) is 4.79 Å². The lowest BCUT2D eigenvalue weighted by atomic mass is 10.3. The molecule has 2 rings (SSSR count). The summed E-state index contributed by atoms with van der Waals surface area (Å²) >= 11 is 0. The van der Waals surface area contributed by atoms with Gasteiger partial charge in [-0.1, -0.05) is 12.1 Å². The lowest BCUT2D eigenvalue weighted by Gasteiger charge is -2.08. The first-order chi connectivity index (χ1) is 10.7. The second-order valence-electron chi connectivity index (χ2n) is 4.55. The van der Waals surface area contributed by atoms with Crippen LogP contribution >= 0.6 is 0 Å². The van der Waals surface area contributed by atoms with Crippen LogP contribution < -0.4 is 14.8 Å². The number of aromatic amines is 1. The molecule has 1 amide bonds. The van der Waals surface area contributed by atoms with E-state index in [0.29, 0.717) is 30.2 Å². The van der Waals surface area contributed by atoms with Gasteiger partial charge in [-0.15, -0.1) is 0 Å². The van der Waals surface area contributed by atoms with E-state index in [2.05, 4.69) is 15.5 Å². The fraction of sp³-hybridized carbons (Fsp3) is 0.333. The van der Waals surface area contributed by atoms with Gasteiger partial charge >= 0.3 is 0 Å². The topological polar surface area (TPSA) is 96.5 Å². The third-order valence-electron chi connectivity index (χ3n) is 2.94. The Morgan fingerprint density at radius 2 is 2.14 bits per heavy atom. The largest absolute Gasteiger partial charge is 0.493 e. The van der Waals surface area contributed by atoms with Crippen molar-refractivity contribution < 1.29 is 19.4 Å². The third kappa shape index (κ3) is 4.23. The Morgan fingerprint density at radius 3 is 2.86 bits per heavy atom. The lowest BCUT2D eigenvalue weighted by molar-refractivity contribution is 0.0946. The average molecular weight is 305 g/mol. The maximum atomic E-state index is 11.8. The summed E-state index contributed by atoms with van der Waals surface area (Å²) < 4.78 is 10.8. The molecule has 0 saturated heterocycles. The molecule has 0 saturated carbocycles. The van der Waals surface area contributed by atoms with Crippen LogP contribution in [0.2, 0.25) is 0 Å². The van der Waals surface area contributed by atoms with Crippen molar-refractivity contribution in [3.63, 3.8) is 0 Å². The van der Waals surface area contributed by atoms with Gasteiger partial charge in [0, 0.05) is 13.2 Å². The summed E-state index contributed by atoms with van der Waals surface area (Å²) in [5, 5.41) is 18.0. The fourth-order valence-electron chi connectivity index (χ4n) is 1.82. The normalized spacial score (nSPS) is 10.3. The number of aliphatic hydroxyl groups excluding tert-OH is 1. The number of aromatic nitrogens is 2. The molecule has 0 spiro atoms. The molecular formula is C15H19N3O4. The second kappa shape index (κ2) is 8.04. The van der Waals surface area contributed by atoms with Gasteiger partial charge in [0.15, 0.2) is 11.5 Å². The third-order valence-corrected chi connectivity index (χ3v) is 2.94. The van der Waals surface area contributed by atoms with Crippen LogP contribution in [-0.2, 0) is 6.61 Å². The molecule has 0 bridgehead atoms. The number of hydrogen-bond donors (Lipinski definition) is 3. The van der Waals surface area contributed by atoms with Gasteiger partial charge in [-0.25, -0.2) is 0 Å². The predicted octanol–water partition coefficient (Wildman–Crippen LogP) is 1.11. The quantitative estimate of drug-likeness (QED) is 0.635. The number of amides is 1. The van der Waals surface area contributed by atoms with Crippen molar-refractivity contribution in [3.05, 3.63) is 41.7 Å². The highest BCUT2D eigenvalue weighted by Gasteiger charge is 2.10. The maximum absolute atomic E-state index is 11.8. The first-order valence-corrected chi connectivity index (χ1v) is 6.93. The molecular weight excluding hydrogens is 286 g/mol. The van der Waals surface area contributed by atoms with Crippen molar-refractivity contribution >= 4 is 5.91 Å². The Hall–Kier alpha value is -2.54. The summed E-state index contributed by atoms with van der Waals surface area (Å²) in [5.74, 6) is 0.978. The van der Waals surface area contributed by atoms with Crippen molar-refractivity contribution in [3.8, 4) is 11.5 Å². The molecule has 0 aliphatic rings. The smallest absolute Gasteiger partial charge is 0.271 e. The highest BCUT2D eigenvalue weighted by atomic mass is 16.5. The summed E-state index contributed by atoms with van der Waals surface area (Å²) in [4.78, 5) is 11.8. The van der Waals surface area contributed by atoms with Crippen LogP contribution in [0.4, 0.5) is 0 Å². The van der Waals surface area contributed by atoms with Crippen molar-refractivity contribution in [2.75, 3.05) is 20.3 Å². The van der Waals surface area contributed by atoms with Crippen LogP contribution in [0, 0.1) is 0 Å². The summed E-state index contributed by atoms with van der Waals surface area (Å²) in [6.07, 6.45) is 0.514. The molecule has 22 heavy (non-hydrogen) atoms. The van der Waals surface area contributed by atoms with Gasteiger partial charge in [0.05, 0.1) is 12.8 Å². The molecule has 0 radical (unpaired) electrons. The number of nitrogens with zero attached hydrogens (tertiary/aromatic N) is 1. The molecule has 0 atom stereocenters. The number of hydrogen-bond acceptors (Lipinski definition) is 5. The predicted molar refractivity (Wildman–Crippen MR) is 79.9 cm³/mol. The van der Waals surface area contributed by atoms with Crippen LogP contribution in [-0.4, -0.2) is 41.5 Å². The van der Waals surface area contributed by atoms with Gasteiger partial charge in [0.25, 0.3) is 5.91 Å². The van der Waals surface area contributed by atoms with E-state index in [1.807, 2.05) is 18.2 Å². The Morgan fingerprint density at radius 1 is 1.36 bits per heavy atom. The Kier molecular flexibility index (Phi) is 5.79. The number of carbonyl (C=O) groups is 1. The van der Waals surface area contributed by atoms with E-state index >= 15 is 0 Å². The van der Waals surface area contributed by atoms with Gasteiger partial charge in [0.2, 0.25) is 0 Å². The van der Waals surface area contributed by atoms with Gasteiger partial charge < -0.3 is 19.9 Å². The maximum Gasteiger partial charge on any atom is 0.271 e. The van der Waals surface area contributed by atoms with E-state index in [0.717, 1.165) is 0 Å². The monoisotopic (exact) mass is 305 g/mol. The van der Waals surface area contributed by atoms with Crippen molar-refractivity contribution in [1.82, 2.24) is 15.5 Å². The molecule has 0 aliphatic carbocycles. The molecule has 0 aliphatic heterocycles. The number of ether oxygens (including phenoxy) is 2. The van der Waals surface area contributed by atoms with Crippen LogP contribution in [0.5, 0.6) is 11.5 Å². The average Bonchev–Trinajstić information content (AvgIpc) is 3.02. The zero-order chi connectivity index (χ0) is 15.8. The number of rotatable bonds is 8. The molecule has 2 aromatic rings. The highest BCUT2D eigenvalue weighted by molar-refractivity contribution is 5.92. The number of carbonyl (C=O) groups excluding carboxylic acids is 1. The standard InChI is InChI=1S/C15H19N3O4/c1-21-13-5-2-3-6-14(13)22-10-11-9-12(18-17-11)15(20)16-7-4-8-19/h2-3,5-6,9,19H,4,7-8,10H2,1H3,(H,16,20)(H,17,18). The van der Waals surface area contributed by atoms with E-state index in [1.54, 1.807) is 19.2 Å². The molecule has 0 fully saturated rings. The molecule has 118 valence electrons. The summed E-state index contributed by atoms with van der Waals surface area (Å²) in [7, 11) is 1.58. The fourth-order valence-corrected chi connectivity index (χ4v) is 1.82. The first-order valence-electron chi connectivity index (χ1n) is 6.93. The van der Waals surface area contributed by atoms with E-state index in [4.69, 9.17) is 14.6 Å². The summed E-state index contributed by atoms with van der Waals surface area (Å²) in [5.41, 5.74) is 0.967. The molecule has 1 aromatic carbocycles. The van der Waals surface area contributed by atoms with Gasteiger partial charge in [-0.3, -0.25) is 9.89 Å². The van der Waals surface area contributed by atoms with Gasteiger partial charge in [-0.2, -0.15) is 5.10 Å². The lowest BCUT2D eigenvalue weighted by Crippen LogP contribution is -2.25. The molecule has 1 aromatic heterocycles. The molecule has 7 nitrogen and oxygen atoms in total. The van der Waals surface area contributed by atoms with Crippen molar-refractivity contribution in [1.29, 1.82) is 0 Å². The summed E-state index contributed by atoms with van der Waals surface area (Å²) in [6.45, 7) is 0.700. The van der Waals surface area contributed by atoms with Crippen LogP contribution in [0.25, 0.3) is 0 Å². The highest BCUT2D eigenvalue weighted by Crippen LogP contribution is 2.26. The first kappa shape index (κ1) is 15.8. The Labute approximate surface area is 128 Å². The Balaban J connectivity index is 1.90. The number of methoxy groups -OCH3 is 1. The zero-order valence-electron chi connectivity index (χ0n) is 12.3. The summed E-state index contributed by atoms with van der Waals surface area (Å²) in [6, 6.07) is 8.95. The van der Waals surface area contributed by atoms with Crippen LogP contribution in [0.1, 0.15) is 22.6 Å². The second-order valence-corrected chi connectivity index (χ2v) is 4.55. The number of aliphatic hydroxyl groups is 1. The number of H-pyrrole nitrogens is 1. The zero-order valence-corrected chi connectivity index (χ0v) is 12.3.